The first-order valence-corrected chi connectivity index (χ1v) is 7.66. The van der Waals surface area contributed by atoms with Crippen molar-refractivity contribution in [2.75, 3.05) is 12.4 Å². The van der Waals surface area contributed by atoms with E-state index in [0.717, 1.165) is 9.35 Å². The lowest BCUT2D eigenvalue weighted by Gasteiger charge is -2.09. The van der Waals surface area contributed by atoms with Gasteiger partial charge >= 0.3 is 0 Å². The number of hydrogen-bond acceptors (Lipinski definition) is 5. The van der Waals surface area contributed by atoms with Crippen LogP contribution in [-0.2, 0) is 6.54 Å². The minimum Gasteiger partial charge on any atom is -0.387 e. The maximum absolute atomic E-state index is 12.2. The van der Waals surface area contributed by atoms with Crippen LogP contribution in [0.4, 0.5) is 11.4 Å². The highest BCUT2D eigenvalue weighted by atomic mass is 79.9. The molecule has 2 rings (SSSR count). The zero-order valence-electron chi connectivity index (χ0n) is 11.1. The molecule has 0 radical (unpaired) electrons. The number of nitro groups is 1. The number of carbonyl (C=O) groups is 1. The highest BCUT2D eigenvalue weighted by Crippen LogP contribution is 2.23. The average Bonchev–Trinajstić information content (AvgIpc) is 2.89. The topological polar surface area (TPSA) is 84.3 Å². The fraction of sp³-hybridized carbons (Fsp3) is 0.154. The van der Waals surface area contributed by atoms with Crippen LogP contribution in [0.5, 0.6) is 0 Å². The lowest BCUT2D eigenvalue weighted by molar-refractivity contribution is -0.384. The Morgan fingerprint density at radius 1 is 1.43 bits per heavy atom. The molecule has 2 aromatic rings. The van der Waals surface area contributed by atoms with Gasteiger partial charge in [0.2, 0.25) is 0 Å². The van der Waals surface area contributed by atoms with E-state index in [0.29, 0.717) is 12.2 Å². The Bertz CT molecular complexity index is 687. The number of non-ortho nitro benzene ring substituents is 1. The molecular weight excluding hydrogens is 358 g/mol. The van der Waals surface area contributed by atoms with Gasteiger partial charge in [0.15, 0.2) is 0 Å². The van der Waals surface area contributed by atoms with Gasteiger partial charge in [0.25, 0.3) is 11.6 Å². The lowest BCUT2D eigenvalue weighted by Crippen LogP contribution is -2.23. The van der Waals surface area contributed by atoms with Crippen molar-refractivity contribution in [1.29, 1.82) is 0 Å². The van der Waals surface area contributed by atoms with Crippen molar-refractivity contribution in [1.82, 2.24) is 5.32 Å². The van der Waals surface area contributed by atoms with Crippen molar-refractivity contribution < 1.29 is 9.72 Å². The number of benzene rings is 1. The van der Waals surface area contributed by atoms with Gasteiger partial charge in [-0.05, 0) is 28.1 Å². The molecule has 0 saturated heterocycles. The van der Waals surface area contributed by atoms with Crippen LogP contribution in [0.1, 0.15) is 15.2 Å². The number of nitro benzene ring substituents is 1. The molecule has 0 atom stereocenters. The van der Waals surface area contributed by atoms with Gasteiger partial charge in [0.1, 0.15) is 0 Å². The molecule has 6 nitrogen and oxygen atoms in total. The first-order chi connectivity index (χ1) is 10.0. The third kappa shape index (κ3) is 3.79. The summed E-state index contributed by atoms with van der Waals surface area (Å²) in [6.07, 6.45) is 0. The summed E-state index contributed by atoms with van der Waals surface area (Å²) in [5, 5.41) is 18.3. The summed E-state index contributed by atoms with van der Waals surface area (Å²) in [5.41, 5.74) is 0.686. The smallest absolute Gasteiger partial charge is 0.270 e. The average molecular weight is 370 g/mol. The summed E-state index contributed by atoms with van der Waals surface area (Å²) in [4.78, 5) is 23.5. The molecule has 110 valence electrons. The largest absolute Gasteiger partial charge is 0.387 e. The van der Waals surface area contributed by atoms with Gasteiger partial charge in [-0.15, -0.1) is 11.3 Å². The van der Waals surface area contributed by atoms with Gasteiger partial charge in [0, 0.05) is 39.6 Å². The fourth-order valence-corrected chi connectivity index (χ4v) is 3.15. The molecule has 0 fully saturated rings. The van der Waals surface area contributed by atoms with Gasteiger partial charge in [-0.25, -0.2) is 0 Å². The Kier molecular flexibility index (Phi) is 4.92. The fourth-order valence-electron chi connectivity index (χ4n) is 1.76. The van der Waals surface area contributed by atoms with Crippen LogP contribution in [0.2, 0.25) is 0 Å². The standard InChI is InChI=1S/C13H12BrN3O3S/c1-15-12-3-2-9(17(19)20)5-11(12)13(18)16-6-10-4-8(14)7-21-10/h2-5,7,15H,6H2,1H3,(H,16,18). The van der Waals surface area contributed by atoms with E-state index in [4.69, 9.17) is 0 Å². The van der Waals surface area contributed by atoms with Crippen LogP contribution in [0, 0.1) is 10.1 Å². The van der Waals surface area contributed by atoms with Crippen molar-refractivity contribution >= 4 is 44.5 Å². The van der Waals surface area contributed by atoms with Crippen molar-refractivity contribution in [3.63, 3.8) is 0 Å². The minimum atomic E-state index is -0.521. The Labute approximate surface area is 133 Å². The summed E-state index contributed by atoms with van der Waals surface area (Å²) < 4.78 is 0.961. The number of thiophene rings is 1. The maximum Gasteiger partial charge on any atom is 0.270 e. The van der Waals surface area contributed by atoms with Crippen LogP contribution >= 0.6 is 27.3 Å². The normalized spacial score (nSPS) is 10.2. The number of anilines is 1. The molecule has 0 aliphatic rings. The number of rotatable bonds is 5. The molecule has 2 N–H and O–H groups in total. The van der Waals surface area contributed by atoms with Crippen molar-refractivity contribution in [3.05, 3.63) is 54.7 Å². The van der Waals surface area contributed by atoms with Gasteiger partial charge in [-0.3, -0.25) is 14.9 Å². The molecule has 0 aliphatic carbocycles. The second-order valence-electron chi connectivity index (χ2n) is 4.15. The number of nitrogens with one attached hydrogen (secondary N) is 2. The van der Waals surface area contributed by atoms with E-state index in [1.54, 1.807) is 7.05 Å². The van der Waals surface area contributed by atoms with Gasteiger partial charge < -0.3 is 10.6 Å². The molecule has 8 heteroatoms. The van der Waals surface area contributed by atoms with Gasteiger partial charge in [0.05, 0.1) is 17.0 Å². The van der Waals surface area contributed by atoms with Crippen molar-refractivity contribution in [3.8, 4) is 0 Å². The molecule has 0 bridgehead atoms. The highest BCUT2D eigenvalue weighted by Gasteiger charge is 2.16. The molecule has 0 unspecified atom stereocenters. The third-order valence-electron chi connectivity index (χ3n) is 2.77. The monoisotopic (exact) mass is 369 g/mol. The van der Waals surface area contributed by atoms with E-state index in [2.05, 4.69) is 26.6 Å². The van der Waals surface area contributed by atoms with Crippen LogP contribution in [0.25, 0.3) is 0 Å². The third-order valence-corrected chi connectivity index (χ3v) is 4.47. The van der Waals surface area contributed by atoms with E-state index in [1.807, 2.05) is 11.4 Å². The number of nitrogens with zero attached hydrogens (tertiary/aromatic N) is 1. The van der Waals surface area contributed by atoms with E-state index < -0.39 is 4.92 Å². The van der Waals surface area contributed by atoms with Gasteiger partial charge in [-0.1, -0.05) is 0 Å². The Morgan fingerprint density at radius 3 is 2.76 bits per heavy atom. The van der Waals surface area contributed by atoms with Crippen LogP contribution in [0.3, 0.4) is 0 Å². The molecule has 0 aliphatic heterocycles. The summed E-state index contributed by atoms with van der Waals surface area (Å²) in [6.45, 7) is 0.376. The molecular formula is C13H12BrN3O3S. The Hall–Kier alpha value is -1.93. The molecule has 0 saturated carbocycles. The van der Waals surface area contributed by atoms with Gasteiger partial charge in [-0.2, -0.15) is 0 Å². The molecule has 0 spiro atoms. The zero-order valence-corrected chi connectivity index (χ0v) is 13.5. The number of carbonyl (C=O) groups excluding carboxylic acids is 1. The predicted molar refractivity (Wildman–Crippen MR) is 85.8 cm³/mol. The van der Waals surface area contributed by atoms with E-state index in [1.165, 1.54) is 29.5 Å². The molecule has 21 heavy (non-hydrogen) atoms. The Morgan fingerprint density at radius 2 is 2.19 bits per heavy atom. The first kappa shape index (κ1) is 15.5. The molecule has 1 heterocycles. The molecule has 1 amide bonds. The van der Waals surface area contributed by atoms with Crippen LogP contribution < -0.4 is 10.6 Å². The van der Waals surface area contributed by atoms with Crippen LogP contribution in [-0.4, -0.2) is 17.9 Å². The quantitative estimate of drug-likeness (QED) is 0.624. The number of amides is 1. The maximum atomic E-state index is 12.2. The second kappa shape index (κ2) is 6.68. The first-order valence-electron chi connectivity index (χ1n) is 5.98. The lowest BCUT2D eigenvalue weighted by atomic mass is 10.1. The second-order valence-corrected chi connectivity index (χ2v) is 6.06. The zero-order chi connectivity index (χ0) is 15.4. The molecule has 1 aromatic carbocycles. The van der Waals surface area contributed by atoms with E-state index in [9.17, 15) is 14.9 Å². The minimum absolute atomic E-state index is 0.113. The van der Waals surface area contributed by atoms with Crippen LogP contribution in [0.15, 0.2) is 34.1 Å². The summed E-state index contributed by atoms with van der Waals surface area (Å²) >= 11 is 4.86. The van der Waals surface area contributed by atoms with E-state index in [-0.39, 0.29) is 17.2 Å². The van der Waals surface area contributed by atoms with Crippen molar-refractivity contribution in [2.24, 2.45) is 0 Å². The van der Waals surface area contributed by atoms with Crippen molar-refractivity contribution in [2.45, 2.75) is 6.54 Å². The molecule has 1 aromatic heterocycles. The number of halogens is 1. The summed E-state index contributed by atoms with van der Waals surface area (Å²) in [6, 6.07) is 6.07. The summed E-state index contributed by atoms with van der Waals surface area (Å²) in [5.74, 6) is -0.354. The Balaban J connectivity index is 2.17. The number of hydrogen-bond donors (Lipinski definition) is 2. The summed E-state index contributed by atoms with van der Waals surface area (Å²) in [7, 11) is 1.66. The SMILES string of the molecule is CNc1ccc([N+](=O)[O-])cc1C(=O)NCc1cc(Br)cs1. The van der Waals surface area contributed by atoms with E-state index >= 15 is 0 Å². The highest BCUT2D eigenvalue weighted by molar-refractivity contribution is 9.10. The predicted octanol–water partition coefficient (Wildman–Crippen LogP) is 3.39.